The third kappa shape index (κ3) is 3.00. The number of rotatable bonds is 2. The molecule has 0 saturated carbocycles. The summed E-state index contributed by atoms with van der Waals surface area (Å²) in [5.74, 6) is 1.52. The molecule has 5 nitrogen and oxygen atoms in total. The molecule has 1 saturated heterocycles. The second-order valence-electron chi connectivity index (χ2n) is 5.97. The number of benzene rings is 1. The lowest BCUT2D eigenvalue weighted by molar-refractivity contribution is -0.133. The molecule has 0 bridgehead atoms. The first kappa shape index (κ1) is 16.1. The molecule has 0 spiro atoms. The summed E-state index contributed by atoms with van der Waals surface area (Å²) in [6, 6.07) is 7.44. The highest BCUT2D eigenvalue weighted by Gasteiger charge is 2.29. The van der Waals surface area contributed by atoms with Crippen LogP contribution in [0.2, 0.25) is 0 Å². The molecule has 0 unspecified atom stereocenters. The van der Waals surface area contributed by atoms with Gasteiger partial charge in [-0.3, -0.25) is 14.2 Å². The average Bonchev–Trinajstić information content (AvgIpc) is 2.54. The molecular weight excluding hydrogens is 310 g/mol. The van der Waals surface area contributed by atoms with E-state index in [-0.39, 0.29) is 24.1 Å². The Kier molecular flexibility index (Phi) is 4.43. The number of aromatic nitrogens is 2. The fraction of sp³-hybridized carbons (Fsp3) is 0.471. The molecule has 1 aromatic heterocycles. The predicted octanol–water partition coefficient (Wildman–Crippen LogP) is 2.06. The first-order valence-electron chi connectivity index (χ1n) is 7.86. The normalized spacial score (nSPS) is 21.6. The van der Waals surface area contributed by atoms with E-state index in [9.17, 15) is 9.59 Å². The number of amides is 1. The highest BCUT2D eigenvalue weighted by molar-refractivity contribution is 8.00. The van der Waals surface area contributed by atoms with Crippen molar-refractivity contribution in [1.82, 2.24) is 14.5 Å². The summed E-state index contributed by atoms with van der Waals surface area (Å²) in [5.41, 5.74) is 0.531. The average molecular weight is 331 g/mol. The summed E-state index contributed by atoms with van der Waals surface area (Å²) in [4.78, 5) is 31.7. The Morgan fingerprint density at radius 2 is 2.09 bits per heavy atom. The monoisotopic (exact) mass is 331 g/mol. The van der Waals surface area contributed by atoms with Gasteiger partial charge in [-0.2, -0.15) is 11.8 Å². The molecule has 0 N–H and O–H groups in total. The largest absolute Gasteiger partial charge is 0.337 e. The van der Waals surface area contributed by atoms with Gasteiger partial charge in [0.2, 0.25) is 5.91 Å². The molecule has 122 valence electrons. The summed E-state index contributed by atoms with van der Waals surface area (Å²) < 4.78 is 1.49. The Morgan fingerprint density at radius 1 is 1.35 bits per heavy atom. The highest BCUT2D eigenvalue weighted by Crippen LogP contribution is 2.24. The molecule has 2 atom stereocenters. The maximum atomic E-state index is 12.7. The standard InChI is InChI=1S/C17H21N3O2S/c1-11-12(2)23-9-8-19(11)16(21)10-20-13(3)18-15-7-5-4-6-14(15)17(20)22/h4-7,11-12H,8-10H2,1-3H3/t11-,12-/m0/s1. The van der Waals surface area contributed by atoms with Crippen LogP contribution in [0.3, 0.4) is 0 Å². The van der Waals surface area contributed by atoms with Gasteiger partial charge in [0.25, 0.3) is 5.56 Å². The van der Waals surface area contributed by atoms with Crippen LogP contribution in [-0.2, 0) is 11.3 Å². The van der Waals surface area contributed by atoms with Crippen molar-refractivity contribution in [3.8, 4) is 0 Å². The number of carbonyl (C=O) groups excluding carboxylic acids is 1. The lowest BCUT2D eigenvalue weighted by atomic mass is 10.2. The molecule has 3 rings (SSSR count). The van der Waals surface area contributed by atoms with Gasteiger partial charge in [0.15, 0.2) is 0 Å². The Balaban J connectivity index is 1.92. The molecule has 1 aliphatic rings. The summed E-state index contributed by atoms with van der Waals surface area (Å²) in [6.45, 7) is 6.79. The van der Waals surface area contributed by atoms with Crippen LogP contribution in [-0.4, -0.2) is 43.9 Å². The quantitative estimate of drug-likeness (QED) is 0.845. The minimum atomic E-state index is -0.145. The molecule has 1 fully saturated rings. The van der Waals surface area contributed by atoms with E-state index in [1.165, 1.54) is 4.57 Å². The number of carbonyl (C=O) groups is 1. The molecule has 0 radical (unpaired) electrons. The fourth-order valence-electron chi connectivity index (χ4n) is 2.98. The minimum absolute atomic E-state index is 0.00747. The zero-order chi connectivity index (χ0) is 16.6. The van der Waals surface area contributed by atoms with Crippen LogP contribution in [0.25, 0.3) is 10.9 Å². The zero-order valence-corrected chi connectivity index (χ0v) is 14.5. The van der Waals surface area contributed by atoms with Crippen LogP contribution >= 0.6 is 11.8 Å². The van der Waals surface area contributed by atoms with Gasteiger partial charge >= 0.3 is 0 Å². The van der Waals surface area contributed by atoms with E-state index in [1.807, 2.05) is 34.9 Å². The predicted molar refractivity (Wildman–Crippen MR) is 93.8 cm³/mol. The molecular formula is C17H21N3O2S. The van der Waals surface area contributed by atoms with Crippen LogP contribution in [0.5, 0.6) is 0 Å². The van der Waals surface area contributed by atoms with Gasteiger partial charge in [-0.1, -0.05) is 19.1 Å². The molecule has 1 aliphatic heterocycles. The van der Waals surface area contributed by atoms with Gasteiger partial charge in [-0.15, -0.1) is 0 Å². The van der Waals surface area contributed by atoms with Gasteiger partial charge in [0, 0.05) is 23.6 Å². The van der Waals surface area contributed by atoms with Gasteiger partial charge in [-0.05, 0) is 26.0 Å². The SMILES string of the molecule is Cc1nc2ccccc2c(=O)n1CC(=O)N1CCS[C@@H](C)[C@@H]1C. The number of aryl methyl sites for hydroxylation is 1. The van der Waals surface area contributed by atoms with Crippen molar-refractivity contribution in [1.29, 1.82) is 0 Å². The van der Waals surface area contributed by atoms with Crippen molar-refractivity contribution in [2.45, 2.75) is 38.6 Å². The Labute approximate surface area is 139 Å². The third-order valence-electron chi connectivity index (χ3n) is 4.55. The fourth-order valence-corrected chi connectivity index (χ4v) is 4.08. The summed E-state index contributed by atoms with van der Waals surface area (Å²) >= 11 is 1.89. The van der Waals surface area contributed by atoms with Gasteiger partial charge in [0.1, 0.15) is 12.4 Å². The smallest absolute Gasteiger partial charge is 0.261 e. The van der Waals surface area contributed by atoms with Crippen LogP contribution in [0.4, 0.5) is 0 Å². The van der Waals surface area contributed by atoms with Gasteiger partial charge < -0.3 is 4.90 Å². The summed E-state index contributed by atoms with van der Waals surface area (Å²) in [5, 5.41) is 0.974. The van der Waals surface area contributed by atoms with E-state index in [0.29, 0.717) is 22.0 Å². The van der Waals surface area contributed by atoms with Crippen molar-refractivity contribution in [3.63, 3.8) is 0 Å². The van der Waals surface area contributed by atoms with Crippen molar-refractivity contribution in [3.05, 3.63) is 40.4 Å². The van der Waals surface area contributed by atoms with Crippen molar-refractivity contribution < 1.29 is 4.79 Å². The van der Waals surface area contributed by atoms with Crippen molar-refractivity contribution >= 4 is 28.6 Å². The summed E-state index contributed by atoms with van der Waals surface area (Å²) in [6.07, 6.45) is 0. The first-order chi connectivity index (χ1) is 11.0. The van der Waals surface area contributed by atoms with Crippen LogP contribution < -0.4 is 5.56 Å². The zero-order valence-electron chi connectivity index (χ0n) is 13.7. The molecule has 23 heavy (non-hydrogen) atoms. The van der Waals surface area contributed by atoms with Crippen LogP contribution in [0, 0.1) is 6.92 Å². The van der Waals surface area contributed by atoms with E-state index < -0.39 is 0 Å². The van der Waals surface area contributed by atoms with Crippen molar-refractivity contribution in [2.24, 2.45) is 0 Å². The number of hydrogen-bond acceptors (Lipinski definition) is 4. The number of para-hydroxylation sites is 1. The van der Waals surface area contributed by atoms with E-state index in [4.69, 9.17) is 0 Å². The topological polar surface area (TPSA) is 55.2 Å². The van der Waals surface area contributed by atoms with E-state index in [2.05, 4.69) is 18.8 Å². The molecule has 0 aliphatic carbocycles. The highest BCUT2D eigenvalue weighted by atomic mass is 32.2. The summed E-state index contributed by atoms with van der Waals surface area (Å²) in [7, 11) is 0. The van der Waals surface area contributed by atoms with E-state index >= 15 is 0 Å². The number of nitrogens with zero attached hydrogens (tertiary/aromatic N) is 3. The minimum Gasteiger partial charge on any atom is -0.337 e. The number of hydrogen-bond donors (Lipinski definition) is 0. The third-order valence-corrected chi connectivity index (χ3v) is 5.89. The number of thioether (sulfide) groups is 1. The lowest BCUT2D eigenvalue weighted by Crippen LogP contribution is -2.49. The maximum Gasteiger partial charge on any atom is 0.261 e. The Bertz CT molecular complexity index is 802. The van der Waals surface area contributed by atoms with Gasteiger partial charge in [0.05, 0.1) is 10.9 Å². The van der Waals surface area contributed by atoms with Crippen LogP contribution in [0.15, 0.2) is 29.1 Å². The number of fused-ring (bicyclic) bond motifs is 1. The Morgan fingerprint density at radius 3 is 2.87 bits per heavy atom. The lowest BCUT2D eigenvalue weighted by Gasteiger charge is -2.37. The Hall–Kier alpha value is -1.82. The van der Waals surface area contributed by atoms with E-state index in [1.54, 1.807) is 13.0 Å². The molecule has 1 amide bonds. The second kappa shape index (κ2) is 6.35. The maximum absolute atomic E-state index is 12.7. The molecule has 2 heterocycles. The van der Waals surface area contributed by atoms with E-state index in [0.717, 1.165) is 12.3 Å². The van der Waals surface area contributed by atoms with Gasteiger partial charge in [-0.25, -0.2) is 4.98 Å². The second-order valence-corrected chi connectivity index (χ2v) is 7.46. The van der Waals surface area contributed by atoms with Crippen LogP contribution in [0.1, 0.15) is 19.7 Å². The van der Waals surface area contributed by atoms with Crippen molar-refractivity contribution in [2.75, 3.05) is 12.3 Å². The molecule has 6 heteroatoms. The molecule has 2 aromatic rings. The molecule has 1 aromatic carbocycles. The first-order valence-corrected chi connectivity index (χ1v) is 8.91.